The van der Waals surface area contributed by atoms with Crippen molar-refractivity contribution in [2.24, 2.45) is 5.92 Å². The van der Waals surface area contributed by atoms with Crippen LogP contribution in [0.1, 0.15) is 30.1 Å². The molecule has 0 bridgehead atoms. The minimum atomic E-state index is -0.602. The van der Waals surface area contributed by atoms with Crippen LogP contribution in [0.4, 0.5) is 0 Å². The molecule has 0 aliphatic carbocycles. The summed E-state index contributed by atoms with van der Waals surface area (Å²) >= 11 is 1.47. The number of esters is 2. The Morgan fingerprint density at radius 2 is 1.82 bits per heavy atom. The molecule has 1 saturated heterocycles. The number of hydrogen-bond acceptors (Lipinski definition) is 7. The van der Waals surface area contributed by atoms with Gasteiger partial charge in [0, 0.05) is 19.3 Å². The molecule has 1 fully saturated rings. The summed E-state index contributed by atoms with van der Waals surface area (Å²) in [7, 11) is 0. The van der Waals surface area contributed by atoms with Gasteiger partial charge in [0.1, 0.15) is 11.3 Å². The average Bonchev–Trinajstić information content (AvgIpc) is 3.53. The van der Waals surface area contributed by atoms with Crippen LogP contribution in [0.25, 0.3) is 16.3 Å². The summed E-state index contributed by atoms with van der Waals surface area (Å²) in [6.07, 6.45) is 2.72. The molecule has 1 aliphatic heterocycles. The van der Waals surface area contributed by atoms with Gasteiger partial charge in [-0.25, -0.2) is 9.48 Å². The number of amides is 1. The Morgan fingerprint density at radius 1 is 1.06 bits per heavy atom. The SMILES string of the molecule is CCOC(=O)C1CCN(C(=O)COC(=O)c2cn(-c3ccccc3)nc2-c2cccs2)CC1. The second kappa shape index (κ2) is 10.4. The summed E-state index contributed by atoms with van der Waals surface area (Å²) in [6, 6.07) is 13.3. The maximum atomic E-state index is 12.9. The van der Waals surface area contributed by atoms with E-state index < -0.39 is 5.97 Å². The third-order valence-electron chi connectivity index (χ3n) is 5.50. The normalized spacial score (nSPS) is 14.2. The van der Waals surface area contributed by atoms with Gasteiger partial charge in [0.05, 0.1) is 23.1 Å². The Bertz CT molecular complexity index is 1100. The summed E-state index contributed by atoms with van der Waals surface area (Å²) in [5.41, 5.74) is 1.63. The van der Waals surface area contributed by atoms with Crippen molar-refractivity contribution in [1.29, 1.82) is 0 Å². The van der Waals surface area contributed by atoms with Gasteiger partial charge >= 0.3 is 11.9 Å². The number of rotatable bonds is 7. The van der Waals surface area contributed by atoms with Gasteiger partial charge in [-0.2, -0.15) is 5.10 Å². The monoisotopic (exact) mass is 467 g/mol. The van der Waals surface area contributed by atoms with Crippen molar-refractivity contribution in [2.45, 2.75) is 19.8 Å². The van der Waals surface area contributed by atoms with E-state index in [9.17, 15) is 14.4 Å². The highest BCUT2D eigenvalue weighted by Gasteiger charge is 2.29. The number of carbonyl (C=O) groups excluding carboxylic acids is 3. The first-order chi connectivity index (χ1) is 16.1. The molecule has 4 rings (SSSR count). The van der Waals surface area contributed by atoms with E-state index in [0.717, 1.165) is 10.6 Å². The van der Waals surface area contributed by atoms with Gasteiger partial charge in [-0.1, -0.05) is 24.3 Å². The van der Waals surface area contributed by atoms with Crippen LogP contribution in [0.15, 0.2) is 54.0 Å². The molecule has 9 heteroatoms. The van der Waals surface area contributed by atoms with Crippen LogP contribution in [0.5, 0.6) is 0 Å². The fourth-order valence-electron chi connectivity index (χ4n) is 3.75. The number of hydrogen-bond donors (Lipinski definition) is 0. The van der Waals surface area contributed by atoms with Crippen molar-refractivity contribution in [3.05, 3.63) is 59.6 Å². The Morgan fingerprint density at radius 3 is 2.48 bits per heavy atom. The maximum absolute atomic E-state index is 12.9. The number of para-hydroxylation sites is 1. The van der Waals surface area contributed by atoms with Crippen molar-refractivity contribution in [3.8, 4) is 16.3 Å². The fraction of sp³-hybridized carbons (Fsp3) is 0.333. The van der Waals surface area contributed by atoms with Crippen LogP contribution in [-0.4, -0.2) is 58.8 Å². The molecular formula is C24H25N3O5S. The minimum absolute atomic E-state index is 0.186. The lowest BCUT2D eigenvalue weighted by Gasteiger charge is -2.30. The molecule has 3 heterocycles. The molecule has 33 heavy (non-hydrogen) atoms. The van der Waals surface area contributed by atoms with Crippen LogP contribution < -0.4 is 0 Å². The van der Waals surface area contributed by atoms with Crippen molar-refractivity contribution in [1.82, 2.24) is 14.7 Å². The van der Waals surface area contributed by atoms with Gasteiger partial charge in [-0.15, -0.1) is 11.3 Å². The zero-order valence-corrected chi connectivity index (χ0v) is 19.1. The Kier molecular flexibility index (Phi) is 7.19. The molecule has 3 aromatic rings. The van der Waals surface area contributed by atoms with E-state index in [2.05, 4.69) is 5.10 Å². The number of aromatic nitrogens is 2. The van der Waals surface area contributed by atoms with Crippen LogP contribution in [-0.2, 0) is 19.1 Å². The zero-order valence-electron chi connectivity index (χ0n) is 18.3. The molecular weight excluding hydrogens is 442 g/mol. The van der Waals surface area contributed by atoms with Gasteiger partial charge in [-0.3, -0.25) is 9.59 Å². The maximum Gasteiger partial charge on any atom is 0.342 e. The van der Waals surface area contributed by atoms with Gasteiger partial charge in [0.15, 0.2) is 6.61 Å². The zero-order chi connectivity index (χ0) is 23.2. The lowest BCUT2D eigenvalue weighted by molar-refractivity contribution is -0.151. The Balaban J connectivity index is 1.41. The van der Waals surface area contributed by atoms with Gasteiger partial charge in [-0.05, 0) is 43.3 Å². The van der Waals surface area contributed by atoms with E-state index in [-0.39, 0.29) is 24.4 Å². The summed E-state index contributed by atoms with van der Waals surface area (Å²) in [6.45, 7) is 2.64. The molecule has 1 amide bonds. The molecule has 8 nitrogen and oxygen atoms in total. The molecule has 2 aromatic heterocycles. The van der Waals surface area contributed by atoms with Crippen molar-refractivity contribution in [2.75, 3.05) is 26.3 Å². The highest BCUT2D eigenvalue weighted by atomic mass is 32.1. The molecule has 0 N–H and O–H groups in total. The largest absolute Gasteiger partial charge is 0.466 e. The van der Waals surface area contributed by atoms with Crippen molar-refractivity contribution >= 4 is 29.2 Å². The quantitative estimate of drug-likeness (QED) is 0.494. The first-order valence-electron chi connectivity index (χ1n) is 10.9. The second-order valence-electron chi connectivity index (χ2n) is 7.63. The lowest BCUT2D eigenvalue weighted by atomic mass is 9.97. The number of piperidine rings is 1. The standard InChI is InChI=1S/C24H25N3O5S/c1-2-31-23(29)17-10-12-26(13-11-17)21(28)16-32-24(30)19-15-27(18-7-4-3-5-8-18)25-22(19)20-9-6-14-33-20/h3-9,14-15,17H,2,10-13,16H2,1H3. The van der Waals surface area contributed by atoms with E-state index >= 15 is 0 Å². The van der Waals surface area contributed by atoms with Crippen molar-refractivity contribution in [3.63, 3.8) is 0 Å². The predicted octanol–water partition coefficient (Wildman–Crippen LogP) is 3.56. The fourth-order valence-corrected chi connectivity index (χ4v) is 4.48. The third kappa shape index (κ3) is 5.31. The topological polar surface area (TPSA) is 90.7 Å². The predicted molar refractivity (Wildman–Crippen MR) is 123 cm³/mol. The Hall–Kier alpha value is -3.46. The highest BCUT2D eigenvalue weighted by molar-refractivity contribution is 7.13. The van der Waals surface area contributed by atoms with Crippen LogP contribution in [0.2, 0.25) is 0 Å². The lowest BCUT2D eigenvalue weighted by Crippen LogP contribution is -2.42. The average molecular weight is 468 g/mol. The number of ether oxygens (including phenoxy) is 2. The molecule has 0 spiro atoms. The second-order valence-corrected chi connectivity index (χ2v) is 8.58. The molecule has 172 valence electrons. The summed E-state index contributed by atoms with van der Waals surface area (Å²) in [5, 5.41) is 6.50. The van der Waals surface area contributed by atoms with Gasteiger partial charge < -0.3 is 14.4 Å². The van der Waals surface area contributed by atoms with Gasteiger partial charge in [0.2, 0.25) is 0 Å². The summed E-state index contributed by atoms with van der Waals surface area (Å²) < 4.78 is 12.1. The summed E-state index contributed by atoms with van der Waals surface area (Å²) in [4.78, 5) is 39.8. The van der Waals surface area contributed by atoms with E-state index in [0.29, 0.717) is 43.8 Å². The first kappa shape index (κ1) is 22.7. The highest BCUT2D eigenvalue weighted by Crippen LogP contribution is 2.28. The molecule has 0 atom stereocenters. The van der Waals surface area contributed by atoms with Crippen LogP contribution in [0.3, 0.4) is 0 Å². The first-order valence-corrected chi connectivity index (χ1v) is 11.7. The number of thiophene rings is 1. The van der Waals surface area contributed by atoms with E-state index in [1.165, 1.54) is 11.3 Å². The number of benzene rings is 1. The van der Waals surface area contributed by atoms with Crippen LogP contribution >= 0.6 is 11.3 Å². The Labute approximate surface area is 195 Å². The number of carbonyl (C=O) groups is 3. The number of nitrogens with zero attached hydrogens (tertiary/aromatic N) is 3. The van der Waals surface area contributed by atoms with E-state index in [4.69, 9.17) is 9.47 Å². The minimum Gasteiger partial charge on any atom is -0.466 e. The number of likely N-dealkylation sites (tertiary alicyclic amines) is 1. The molecule has 0 unspecified atom stereocenters. The van der Waals surface area contributed by atoms with Crippen molar-refractivity contribution < 1.29 is 23.9 Å². The van der Waals surface area contributed by atoms with Crippen LogP contribution in [0, 0.1) is 5.92 Å². The molecule has 0 saturated carbocycles. The molecule has 0 radical (unpaired) electrons. The molecule has 1 aromatic carbocycles. The van der Waals surface area contributed by atoms with E-state index in [1.54, 1.807) is 22.7 Å². The van der Waals surface area contributed by atoms with Gasteiger partial charge in [0.25, 0.3) is 5.91 Å². The molecule has 1 aliphatic rings. The third-order valence-corrected chi connectivity index (χ3v) is 6.38. The summed E-state index contributed by atoms with van der Waals surface area (Å²) in [5.74, 6) is -1.28. The van der Waals surface area contributed by atoms with E-state index in [1.807, 2.05) is 47.8 Å². The smallest absolute Gasteiger partial charge is 0.342 e.